The van der Waals surface area contributed by atoms with E-state index in [0.717, 1.165) is 24.5 Å². The fraction of sp³-hybridized carbons (Fsp3) is 0.438. The van der Waals surface area contributed by atoms with E-state index < -0.39 is 18.1 Å². The number of aliphatic hydroxyl groups excluding tert-OH is 2. The summed E-state index contributed by atoms with van der Waals surface area (Å²) < 4.78 is 41.3. The van der Waals surface area contributed by atoms with Crippen molar-refractivity contribution in [3.8, 4) is 11.3 Å². The van der Waals surface area contributed by atoms with Gasteiger partial charge in [0.05, 0.1) is 5.56 Å². The molecule has 1 unspecified atom stereocenters. The molecule has 4 rings (SSSR count). The molecule has 1 aliphatic heterocycles. The zero-order chi connectivity index (χ0) is 32.6. The SMILES string of the molecule is C[C@H](N)CCCc1cc(-c2cc3c([nH]2)=NC(O)N(c2ccc([C@H](CCCO)NCCCNC(=N)N)cc2)C=3)cc(C(F)(F)F)c1. The van der Waals surface area contributed by atoms with Crippen molar-refractivity contribution in [3.63, 3.8) is 0 Å². The van der Waals surface area contributed by atoms with Gasteiger partial charge in [-0.25, -0.2) is 4.99 Å². The van der Waals surface area contributed by atoms with Crippen molar-refractivity contribution < 1.29 is 23.4 Å². The van der Waals surface area contributed by atoms with Crippen molar-refractivity contribution >= 4 is 17.8 Å². The van der Waals surface area contributed by atoms with Gasteiger partial charge in [-0.15, -0.1) is 0 Å². The topological polar surface area (TPSA) is 172 Å². The van der Waals surface area contributed by atoms with Crippen LogP contribution in [-0.2, 0) is 12.6 Å². The molecule has 13 heteroatoms. The van der Waals surface area contributed by atoms with Crippen LogP contribution in [0, 0.1) is 5.41 Å². The molecule has 0 fully saturated rings. The zero-order valence-electron chi connectivity index (χ0n) is 25.4. The third kappa shape index (κ3) is 9.54. The van der Waals surface area contributed by atoms with E-state index in [9.17, 15) is 23.4 Å². The Morgan fingerprint density at radius 2 is 1.84 bits per heavy atom. The number of aliphatic hydroxyl groups is 2. The Balaban J connectivity index is 1.55. The van der Waals surface area contributed by atoms with E-state index in [0.29, 0.717) is 72.0 Å². The molecule has 45 heavy (non-hydrogen) atoms. The van der Waals surface area contributed by atoms with Crippen LogP contribution in [0.2, 0.25) is 0 Å². The quantitative estimate of drug-likeness (QED) is 0.0726. The molecule has 0 bridgehead atoms. The van der Waals surface area contributed by atoms with Crippen LogP contribution < -0.4 is 37.7 Å². The first-order valence-corrected chi connectivity index (χ1v) is 15.2. The summed E-state index contributed by atoms with van der Waals surface area (Å²) in [6.45, 7) is 3.22. The van der Waals surface area contributed by atoms with Gasteiger partial charge < -0.3 is 42.2 Å². The van der Waals surface area contributed by atoms with Gasteiger partial charge >= 0.3 is 6.18 Å². The molecule has 10 N–H and O–H groups in total. The summed E-state index contributed by atoms with van der Waals surface area (Å²) in [4.78, 5) is 9.05. The standard InChI is InChI=1S/C32H43F3N8O2/c1-20(36)5-2-6-21-15-23(17-25(16-21)32(33,34)35)28-18-24-19-43(31(45)42-29(24)41-28)26-10-8-22(9-11-26)27(7-3-14-44)39-12-4-13-40-30(37)38/h8-11,15-20,27,31,39,44-45H,2-7,12-14,36H2,1H3,(H,41,42)(H4,37,38,40)/t20-,27-,31?/m0/s1. The Morgan fingerprint density at radius 3 is 2.51 bits per heavy atom. The van der Waals surface area contributed by atoms with Crippen LogP contribution in [0.15, 0.2) is 53.5 Å². The van der Waals surface area contributed by atoms with E-state index in [4.69, 9.17) is 16.9 Å². The van der Waals surface area contributed by atoms with Crippen molar-refractivity contribution in [1.29, 1.82) is 5.41 Å². The second-order valence-corrected chi connectivity index (χ2v) is 11.4. The number of aryl methyl sites for hydroxylation is 1. The smallest absolute Gasteiger partial charge is 0.396 e. The number of alkyl halides is 3. The number of anilines is 1. The first-order chi connectivity index (χ1) is 21.4. The Morgan fingerprint density at radius 1 is 1.09 bits per heavy atom. The predicted octanol–water partition coefficient (Wildman–Crippen LogP) is 2.80. The molecule has 0 saturated heterocycles. The predicted molar refractivity (Wildman–Crippen MR) is 170 cm³/mol. The molecule has 244 valence electrons. The molecular formula is C32H43F3N8O2. The lowest BCUT2D eigenvalue weighted by atomic mass is 9.99. The highest BCUT2D eigenvalue weighted by Gasteiger charge is 2.31. The van der Waals surface area contributed by atoms with Gasteiger partial charge in [-0.1, -0.05) is 12.1 Å². The van der Waals surface area contributed by atoms with Gasteiger partial charge in [0.2, 0.25) is 6.35 Å². The van der Waals surface area contributed by atoms with Crippen LogP contribution in [0.4, 0.5) is 18.9 Å². The Labute approximate surface area is 260 Å². The number of H-pyrrole nitrogens is 1. The van der Waals surface area contributed by atoms with Gasteiger partial charge in [0, 0.05) is 48.0 Å². The van der Waals surface area contributed by atoms with Crippen LogP contribution in [0.3, 0.4) is 0 Å². The number of benzene rings is 2. The molecule has 0 spiro atoms. The summed E-state index contributed by atoms with van der Waals surface area (Å²) in [6, 6.07) is 13.4. The molecule has 0 radical (unpaired) electrons. The number of rotatable bonds is 15. The lowest BCUT2D eigenvalue weighted by Gasteiger charge is -2.26. The number of nitrogens with two attached hydrogens (primary N) is 2. The average molecular weight is 629 g/mol. The number of aromatic nitrogens is 1. The number of aromatic amines is 1. The lowest BCUT2D eigenvalue weighted by Crippen LogP contribution is -2.41. The van der Waals surface area contributed by atoms with Crippen molar-refractivity contribution in [3.05, 3.63) is 75.9 Å². The van der Waals surface area contributed by atoms with Gasteiger partial charge in [0.15, 0.2) is 5.96 Å². The molecule has 2 heterocycles. The minimum Gasteiger partial charge on any atom is -0.396 e. The molecular weight excluding hydrogens is 585 g/mol. The van der Waals surface area contributed by atoms with Gasteiger partial charge in [-0.05, 0) is 105 Å². The van der Waals surface area contributed by atoms with Gasteiger partial charge in [0.1, 0.15) is 5.49 Å². The average Bonchev–Trinajstić information content (AvgIpc) is 3.40. The molecule has 0 saturated carbocycles. The van der Waals surface area contributed by atoms with Gasteiger partial charge in [-0.3, -0.25) is 5.41 Å². The van der Waals surface area contributed by atoms with Crippen LogP contribution in [0.1, 0.15) is 61.8 Å². The second kappa shape index (κ2) is 15.4. The molecule has 0 amide bonds. The highest BCUT2D eigenvalue weighted by Crippen LogP contribution is 2.33. The van der Waals surface area contributed by atoms with E-state index in [1.807, 2.05) is 31.2 Å². The summed E-state index contributed by atoms with van der Waals surface area (Å²) in [7, 11) is 0. The maximum absolute atomic E-state index is 13.8. The molecule has 2 aromatic carbocycles. The molecule has 1 aromatic heterocycles. The van der Waals surface area contributed by atoms with E-state index >= 15 is 0 Å². The van der Waals surface area contributed by atoms with Crippen LogP contribution >= 0.6 is 0 Å². The summed E-state index contributed by atoms with van der Waals surface area (Å²) in [5.74, 6) is -0.0672. The molecule has 1 aliphatic rings. The minimum atomic E-state index is -4.49. The number of fused-ring (bicyclic) bond motifs is 1. The second-order valence-electron chi connectivity index (χ2n) is 11.4. The first-order valence-electron chi connectivity index (χ1n) is 15.2. The third-order valence-corrected chi connectivity index (χ3v) is 7.66. The lowest BCUT2D eigenvalue weighted by molar-refractivity contribution is -0.137. The van der Waals surface area contributed by atoms with Crippen LogP contribution in [0.5, 0.6) is 0 Å². The summed E-state index contributed by atoms with van der Waals surface area (Å²) in [5, 5.41) is 34.4. The third-order valence-electron chi connectivity index (χ3n) is 7.66. The van der Waals surface area contributed by atoms with Crippen LogP contribution in [-0.4, -0.2) is 53.2 Å². The van der Waals surface area contributed by atoms with Crippen molar-refractivity contribution in [1.82, 2.24) is 15.6 Å². The summed E-state index contributed by atoms with van der Waals surface area (Å²) >= 11 is 0. The maximum atomic E-state index is 13.8. The highest BCUT2D eigenvalue weighted by molar-refractivity contribution is 5.74. The zero-order valence-corrected chi connectivity index (χ0v) is 25.4. The first kappa shape index (κ1) is 34.0. The van der Waals surface area contributed by atoms with Crippen molar-refractivity contribution in [2.24, 2.45) is 16.5 Å². The fourth-order valence-electron chi connectivity index (χ4n) is 5.35. The minimum absolute atomic E-state index is 0.00151. The Hall–Kier alpha value is -3.91. The largest absolute Gasteiger partial charge is 0.416 e. The van der Waals surface area contributed by atoms with E-state index in [1.165, 1.54) is 6.07 Å². The highest BCUT2D eigenvalue weighted by atomic mass is 19.4. The molecule has 3 atom stereocenters. The molecule has 3 aromatic rings. The number of nitrogens with one attached hydrogen (secondary N) is 4. The number of hydrogen-bond donors (Lipinski definition) is 8. The number of nitrogens with zero attached hydrogens (tertiary/aromatic N) is 2. The van der Waals surface area contributed by atoms with E-state index in [2.05, 4.69) is 20.6 Å². The van der Waals surface area contributed by atoms with E-state index in [1.54, 1.807) is 23.2 Å². The summed E-state index contributed by atoms with van der Waals surface area (Å²) in [6.07, 6.45) is -0.0162. The molecule has 0 aliphatic carbocycles. The number of halogens is 3. The Kier molecular flexibility index (Phi) is 11.6. The van der Waals surface area contributed by atoms with Crippen molar-refractivity contribution in [2.45, 2.75) is 70.1 Å². The normalized spacial score (nSPS) is 16.0. The number of hydrogen-bond acceptors (Lipinski definition) is 7. The van der Waals surface area contributed by atoms with Crippen LogP contribution in [0.25, 0.3) is 17.5 Å². The van der Waals surface area contributed by atoms with E-state index in [-0.39, 0.29) is 24.7 Å². The van der Waals surface area contributed by atoms with Gasteiger partial charge in [-0.2, -0.15) is 13.2 Å². The molecule has 10 nitrogen and oxygen atoms in total. The fourth-order valence-corrected chi connectivity index (χ4v) is 5.35. The maximum Gasteiger partial charge on any atom is 0.416 e. The number of guanidine groups is 1. The summed E-state index contributed by atoms with van der Waals surface area (Å²) in [5.41, 5.74) is 14.0. The van der Waals surface area contributed by atoms with Crippen molar-refractivity contribution in [2.75, 3.05) is 24.6 Å². The van der Waals surface area contributed by atoms with Gasteiger partial charge in [0.25, 0.3) is 0 Å². The Bertz CT molecular complexity index is 1540. The monoisotopic (exact) mass is 628 g/mol.